The summed E-state index contributed by atoms with van der Waals surface area (Å²) in [5.41, 5.74) is 6.70. The lowest BCUT2D eigenvalue weighted by molar-refractivity contribution is 0.766. The van der Waals surface area contributed by atoms with Crippen LogP contribution in [0.3, 0.4) is 0 Å². The number of hydrogen-bond acceptors (Lipinski definition) is 1. The first-order valence-corrected chi connectivity index (χ1v) is 8.02. The molecule has 1 aliphatic rings. The fourth-order valence-corrected chi connectivity index (χ4v) is 3.60. The topological polar surface area (TPSA) is 3.24 Å². The number of aryl methyl sites for hydroxylation is 2. The van der Waals surface area contributed by atoms with E-state index >= 15 is 0 Å². The molecule has 0 aromatic heterocycles. The Morgan fingerprint density at radius 1 is 1.00 bits per heavy atom. The molecule has 1 heterocycles. The van der Waals surface area contributed by atoms with Gasteiger partial charge in [0, 0.05) is 17.2 Å². The van der Waals surface area contributed by atoms with E-state index in [2.05, 4.69) is 89.4 Å². The molecule has 3 rings (SSSR count). The minimum absolute atomic E-state index is 0.345. The van der Waals surface area contributed by atoms with Gasteiger partial charge in [0.1, 0.15) is 0 Å². The second kappa shape index (κ2) is 5.45. The number of fused-ring (bicyclic) bond motifs is 1. The molecule has 1 nitrogen and oxygen atoms in total. The van der Waals surface area contributed by atoms with Gasteiger partial charge in [0.15, 0.2) is 0 Å². The molecule has 0 N–H and O–H groups in total. The van der Waals surface area contributed by atoms with Crippen molar-refractivity contribution in [2.75, 3.05) is 10.2 Å². The van der Waals surface area contributed by atoms with Gasteiger partial charge in [-0.15, -0.1) is 0 Å². The molecule has 2 heteroatoms. The molecule has 1 unspecified atom stereocenters. The summed E-state index contributed by atoms with van der Waals surface area (Å²) in [7, 11) is 0. The zero-order valence-electron chi connectivity index (χ0n) is 11.8. The normalized spacial score (nSPS) is 17.1. The summed E-state index contributed by atoms with van der Waals surface area (Å²) in [6, 6.07) is 15.4. The third kappa shape index (κ3) is 2.18. The molecule has 2 aromatic carbocycles. The third-order valence-electron chi connectivity index (χ3n) is 3.98. The molecule has 0 bridgehead atoms. The van der Waals surface area contributed by atoms with Gasteiger partial charge >= 0.3 is 0 Å². The van der Waals surface area contributed by atoms with Crippen LogP contribution in [0, 0.1) is 13.8 Å². The van der Waals surface area contributed by atoms with Gasteiger partial charge in [0.05, 0.1) is 6.04 Å². The highest BCUT2D eigenvalue weighted by atomic mass is 79.9. The van der Waals surface area contributed by atoms with Gasteiger partial charge in [0.25, 0.3) is 0 Å². The molecule has 0 radical (unpaired) electrons. The number of halogens is 1. The van der Waals surface area contributed by atoms with E-state index in [9.17, 15) is 0 Å². The van der Waals surface area contributed by atoms with Gasteiger partial charge in [-0.3, -0.25) is 0 Å². The Bertz CT molecular complexity index is 660. The van der Waals surface area contributed by atoms with Crippen molar-refractivity contribution in [3.05, 3.63) is 70.9 Å². The van der Waals surface area contributed by atoms with Crippen LogP contribution in [0.5, 0.6) is 0 Å². The summed E-state index contributed by atoms with van der Waals surface area (Å²) in [5.74, 6) is 0. The minimum Gasteiger partial charge on any atom is -0.339 e. The lowest BCUT2D eigenvalue weighted by Gasteiger charge is -2.35. The van der Waals surface area contributed by atoms with Crippen LogP contribution >= 0.6 is 15.9 Å². The zero-order chi connectivity index (χ0) is 14.1. The Kier molecular flexibility index (Phi) is 3.66. The van der Waals surface area contributed by atoms with E-state index in [1.165, 1.54) is 27.9 Å². The van der Waals surface area contributed by atoms with E-state index in [0.29, 0.717) is 6.04 Å². The summed E-state index contributed by atoms with van der Waals surface area (Å²) in [5, 5.41) is 0.920. The number of para-hydroxylation sites is 1. The van der Waals surface area contributed by atoms with Gasteiger partial charge in [0.2, 0.25) is 0 Å². The van der Waals surface area contributed by atoms with Gasteiger partial charge in [-0.2, -0.15) is 0 Å². The zero-order valence-corrected chi connectivity index (χ0v) is 13.4. The molecule has 0 aliphatic carbocycles. The predicted octanol–water partition coefficient (Wildman–Crippen LogP) is 5.23. The van der Waals surface area contributed by atoms with E-state index in [1.807, 2.05) is 0 Å². The summed E-state index contributed by atoms with van der Waals surface area (Å²) in [4.78, 5) is 2.37. The molecule has 0 saturated carbocycles. The van der Waals surface area contributed by atoms with Crippen molar-refractivity contribution in [3.63, 3.8) is 0 Å². The SMILES string of the molecule is Cc1ccccc1N1C=Cc2cccc(C)c2C1CBr. The molecular weight excluding hydrogens is 310 g/mol. The number of alkyl halides is 1. The largest absolute Gasteiger partial charge is 0.339 e. The number of benzene rings is 2. The van der Waals surface area contributed by atoms with Crippen molar-refractivity contribution in [3.8, 4) is 0 Å². The van der Waals surface area contributed by atoms with Crippen LogP contribution in [-0.2, 0) is 0 Å². The van der Waals surface area contributed by atoms with E-state index in [1.54, 1.807) is 0 Å². The van der Waals surface area contributed by atoms with Crippen LogP contribution in [0.25, 0.3) is 6.08 Å². The van der Waals surface area contributed by atoms with Crippen LogP contribution in [0.1, 0.15) is 28.3 Å². The first-order valence-electron chi connectivity index (χ1n) is 6.90. The molecule has 2 aromatic rings. The molecule has 102 valence electrons. The number of hydrogen-bond donors (Lipinski definition) is 0. The maximum Gasteiger partial charge on any atom is 0.0691 e. The number of anilines is 1. The van der Waals surface area contributed by atoms with Crippen molar-refractivity contribution in [2.24, 2.45) is 0 Å². The van der Waals surface area contributed by atoms with Crippen molar-refractivity contribution < 1.29 is 0 Å². The summed E-state index contributed by atoms with van der Waals surface area (Å²) < 4.78 is 0. The van der Waals surface area contributed by atoms with E-state index in [4.69, 9.17) is 0 Å². The van der Waals surface area contributed by atoms with E-state index in [0.717, 1.165) is 5.33 Å². The summed E-state index contributed by atoms with van der Waals surface area (Å²) >= 11 is 3.70. The highest BCUT2D eigenvalue weighted by molar-refractivity contribution is 9.09. The van der Waals surface area contributed by atoms with Gasteiger partial charge in [-0.25, -0.2) is 0 Å². The lowest BCUT2D eigenvalue weighted by Crippen LogP contribution is -2.28. The summed E-state index contributed by atoms with van der Waals surface area (Å²) in [6.45, 7) is 4.37. The quantitative estimate of drug-likeness (QED) is 0.682. The molecule has 0 saturated heterocycles. The van der Waals surface area contributed by atoms with Gasteiger partial charge < -0.3 is 4.90 Å². The van der Waals surface area contributed by atoms with Crippen molar-refractivity contribution in [1.29, 1.82) is 0 Å². The fraction of sp³-hybridized carbons (Fsp3) is 0.222. The maximum absolute atomic E-state index is 3.70. The number of rotatable bonds is 2. The maximum atomic E-state index is 3.70. The first-order chi connectivity index (χ1) is 9.72. The molecule has 1 aliphatic heterocycles. The van der Waals surface area contributed by atoms with E-state index in [-0.39, 0.29) is 0 Å². The van der Waals surface area contributed by atoms with Crippen LogP contribution in [0.4, 0.5) is 5.69 Å². The molecule has 1 atom stereocenters. The minimum atomic E-state index is 0.345. The van der Waals surface area contributed by atoms with Crippen LogP contribution in [0.2, 0.25) is 0 Å². The number of nitrogens with zero attached hydrogens (tertiary/aromatic N) is 1. The molecule has 20 heavy (non-hydrogen) atoms. The highest BCUT2D eigenvalue weighted by Crippen LogP contribution is 2.38. The second-order valence-electron chi connectivity index (χ2n) is 5.26. The Morgan fingerprint density at radius 2 is 1.75 bits per heavy atom. The fourth-order valence-electron chi connectivity index (χ4n) is 2.96. The van der Waals surface area contributed by atoms with Crippen molar-refractivity contribution >= 4 is 27.7 Å². The Morgan fingerprint density at radius 3 is 2.50 bits per heavy atom. The van der Waals surface area contributed by atoms with E-state index < -0.39 is 0 Å². The Balaban J connectivity index is 2.12. The standard InChI is InChI=1S/C18H18BrN/c1-13-6-3-4-9-16(13)20-11-10-15-8-5-7-14(2)18(15)17(20)12-19/h3-11,17H,12H2,1-2H3. The first kappa shape index (κ1) is 13.4. The predicted molar refractivity (Wildman–Crippen MR) is 90.4 cm³/mol. The van der Waals surface area contributed by atoms with Crippen molar-refractivity contribution in [1.82, 2.24) is 0 Å². The van der Waals surface area contributed by atoms with Crippen LogP contribution in [-0.4, -0.2) is 5.33 Å². The van der Waals surface area contributed by atoms with Gasteiger partial charge in [-0.1, -0.05) is 52.3 Å². The molecule has 0 spiro atoms. The second-order valence-corrected chi connectivity index (χ2v) is 5.90. The Hall–Kier alpha value is -1.54. The molecule has 0 fully saturated rings. The smallest absolute Gasteiger partial charge is 0.0691 e. The Labute approximate surface area is 129 Å². The highest BCUT2D eigenvalue weighted by Gasteiger charge is 2.25. The van der Waals surface area contributed by atoms with Crippen molar-refractivity contribution in [2.45, 2.75) is 19.9 Å². The van der Waals surface area contributed by atoms with Crippen LogP contribution < -0.4 is 4.90 Å². The van der Waals surface area contributed by atoms with Gasteiger partial charge in [-0.05, 0) is 48.2 Å². The summed E-state index contributed by atoms with van der Waals surface area (Å²) in [6.07, 6.45) is 4.42. The van der Waals surface area contributed by atoms with Crippen LogP contribution in [0.15, 0.2) is 48.7 Å². The average Bonchev–Trinajstić information content (AvgIpc) is 2.47. The average molecular weight is 328 g/mol. The lowest BCUT2D eigenvalue weighted by atomic mass is 9.92. The molecular formula is C18H18BrN. The third-order valence-corrected chi connectivity index (χ3v) is 4.59. The monoisotopic (exact) mass is 327 g/mol. The molecule has 0 amide bonds.